The smallest absolute Gasteiger partial charge is 0.0101 e. The summed E-state index contributed by atoms with van der Waals surface area (Å²) in [7, 11) is 0. The van der Waals surface area contributed by atoms with E-state index in [4.69, 9.17) is 0 Å². The Kier molecular flexibility index (Phi) is 7.17. The van der Waals surface area contributed by atoms with Crippen LogP contribution < -0.4 is 5.32 Å². The first kappa shape index (κ1) is 11.7. The second-order valence-electron chi connectivity index (χ2n) is 3.37. The quantitative estimate of drug-likeness (QED) is 0.577. The third kappa shape index (κ3) is 5.36. The molecule has 0 radical (unpaired) electrons. The Balaban J connectivity index is 3.59. The van der Waals surface area contributed by atoms with Gasteiger partial charge in [0.25, 0.3) is 0 Å². The summed E-state index contributed by atoms with van der Waals surface area (Å²) in [5.41, 5.74) is 1.37. The van der Waals surface area contributed by atoms with Crippen molar-refractivity contribution in [3.63, 3.8) is 0 Å². The van der Waals surface area contributed by atoms with Crippen LogP contribution in [0.2, 0.25) is 0 Å². The molecule has 0 spiro atoms. The van der Waals surface area contributed by atoms with E-state index in [1.165, 1.54) is 18.4 Å². The largest absolute Gasteiger partial charge is 0.314 e. The average molecular weight is 169 g/mol. The molecular formula is C11H23N. The highest BCUT2D eigenvalue weighted by atomic mass is 14.9. The Hall–Kier alpha value is -0.300. The van der Waals surface area contributed by atoms with Crippen molar-refractivity contribution >= 4 is 0 Å². The Bertz CT molecular complexity index is 118. The van der Waals surface area contributed by atoms with Crippen molar-refractivity contribution in [2.75, 3.05) is 6.54 Å². The standard InChI is InChI=1S/C11H23N/c1-5-8-12-11(7-3)9-10(4)6-2/h11-12H,4-9H2,1-3H3. The molecule has 1 nitrogen and oxygen atoms in total. The molecule has 0 aliphatic carbocycles. The van der Waals surface area contributed by atoms with Gasteiger partial charge in [0.1, 0.15) is 0 Å². The molecule has 0 aliphatic rings. The summed E-state index contributed by atoms with van der Waals surface area (Å²) in [6.45, 7) is 11.8. The molecule has 0 fully saturated rings. The van der Waals surface area contributed by atoms with Gasteiger partial charge in [-0.25, -0.2) is 0 Å². The third-order valence-corrected chi connectivity index (χ3v) is 2.21. The van der Waals surface area contributed by atoms with Crippen molar-refractivity contribution in [1.82, 2.24) is 5.32 Å². The molecule has 0 amide bonds. The molecule has 72 valence electrons. The Morgan fingerprint density at radius 2 is 2.00 bits per heavy atom. The van der Waals surface area contributed by atoms with Crippen LogP contribution in [-0.4, -0.2) is 12.6 Å². The molecule has 12 heavy (non-hydrogen) atoms. The van der Waals surface area contributed by atoms with Gasteiger partial charge in [0, 0.05) is 6.04 Å². The van der Waals surface area contributed by atoms with Crippen molar-refractivity contribution in [3.8, 4) is 0 Å². The molecule has 0 aliphatic heterocycles. The van der Waals surface area contributed by atoms with Crippen LogP contribution in [0.25, 0.3) is 0 Å². The lowest BCUT2D eigenvalue weighted by atomic mass is 10.0. The van der Waals surface area contributed by atoms with Gasteiger partial charge in [0.2, 0.25) is 0 Å². The maximum atomic E-state index is 4.03. The third-order valence-electron chi connectivity index (χ3n) is 2.21. The lowest BCUT2D eigenvalue weighted by molar-refractivity contribution is 0.490. The second kappa shape index (κ2) is 7.35. The van der Waals surface area contributed by atoms with E-state index >= 15 is 0 Å². The van der Waals surface area contributed by atoms with Crippen LogP contribution in [0, 0.1) is 0 Å². The average Bonchev–Trinajstić information content (AvgIpc) is 2.11. The fourth-order valence-electron chi connectivity index (χ4n) is 1.20. The number of hydrogen-bond acceptors (Lipinski definition) is 1. The van der Waals surface area contributed by atoms with E-state index in [0.29, 0.717) is 6.04 Å². The Morgan fingerprint density at radius 1 is 1.33 bits per heavy atom. The van der Waals surface area contributed by atoms with Gasteiger partial charge in [-0.15, -0.1) is 0 Å². The fraction of sp³-hybridized carbons (Fsp3) is 0.818. The van der Waals surface area contributed by atoms with E-state index in [9.17, 15) is 0 Å². The van der Waals surface area contributed by atoms with Gasteiger partial charge in [0.15, 0.2) is 0 Å². The lowest BCUT2D eigenvalue weighted by Gasteiger charge is -2.17. The van der Waals surface area contributed by atoms with Crippen LogP contribution in [0.4, 0.5) is 0 Å². The molecule has 0 bridgehead atoms. The Labute approximate surface area is 77.2 Å². The van der Waals surface area contributed by atoms with Crippen LogP contribution in [0.15, 0.2) is 12.2 Å². The van der Waals surface area contributed by atoms with E-state index in [0.717, 1.165) is 19.4 Å². The van der Waals surface area contributed by atoms with E-state index < -0.39 is 0 Å². The molecule has 1 N–H and O–H groups in total. The van der Waals surface area contributed by atoms with Gasteiger partial charge in [-0.1, -0.05) is 32.9 Å². The summed E-state index contributed by atoms with van der Waals surface area (Å²) in [5, 5.41) is 3.52. The van der Waals surface area contributed by atoms with Crippen molar-refractivity contribution < 1.29 is 0 Å². The summed E-state index contributed by atoms with van der Waals surface area (Å²) in [4.78, 5) is 0. The van der Waals surface area contributed by atoms with E-state index in [2.05, 4.69) is 32.7 Å². The molecule has 1 atom stereocenters. The van der Waals surface area contributed by atoms with E-state index in [1.807, 2.05) is 0 Å². The summed E-state index contributed by atoms with van der Waals surface area (Å²) < 4.78 is 0. The molecule has 0 saturated heterocycles. The number of hydrogen-bond donors (Lipinski definition) is 1. The first-order chi connectivity index (χ1) is 5.74. The van der Waals surface area contributed by atoms with E-state index in [-0.39, 0.29) is 0 Å². The van der Waals surface area contributed by atoms with Crippen LogP contribution in [0.3, 0.4) is 0 Å². The molecule has 0 heterocycles. The van der Waals surface area contributed by atoms with Crippen molar-refractivity contribution in [2.24, 2.45) is 0 Å². The lowest BCUT2D eigenvalue weighted by Crippen LogP contribution is -2.29. The van der Waals surface area contributed by atoms with E-state index in [1.54, 1.807) is 0 Å². The molecule has 0 aromatic carbocycles. The molecule has 0 aromatic rings. The van der Waals surface area contributed by atoms with Gasteiger partial charge in [0.05, 0.1) is 0 Å². The molecule has 0 aromatic heterocycles. The fourth-order valence-corrected chi connectivity index (χ4v) is 1.20. The van der Waals surface area contributed by atoms with Crippen LogP contribution in [0.5, 0.6) is 0 Å². The topological polar surface area (TPSA) is 12.0 Å². The normalized spacial score (nSPS) is 12.9. The number of rotatable bonds is 7. The van der Waals surface area contributed by atoms with Crippen molar-refractivity contribution in [2.45, 2.75) is 52.5 Å². The first-order valence-electron chi connectivity index (χ1n) is 5.14. The highest BCUT2D eigenvalue weighted by molar-refractivity contribution is 4.96. The minimum atomic E-state index is 0.650. The zero-order valence-corrected chi connectivity index (χ0v) is 8.82. The van der Waals surface area contributed by atoms with Gasteiger partial charge < -0.3 is 5.32 Å². The van der Waals surface area contributed by atoms with Crippen LogP contribution in [0.1, 0.15) is 46.5 Å². The predicted octanol–water partition coefficient (Wildman–Crippen LogP) is 3.12. The molecule has 1 unspecified atom stereocenters. The minimum absolute atomic E-state index is 0.650. The zero-order valence-electron chi connectivity index (χ0n) is 8.82. The molecule has 0 saturated carbocycles. The summed E-state index contributed by atoms with van der Waals surface area (Å²) in [6, 6.07) is 0.650. The van der Waals surface area contributed by atoms with Gasteiger partial charge >= 0.3 is 0 Å². The highest BCUT2D eigenvalue weighted by Crippen LogP contribution is 2.09. The summed E-state index contributed by atoms with van der Waals surface area (Å²) in [5.74, 6) is 0. The van der Waals surface area contributed by atoms with Crippen molar-refractivity contribution in [3.05, 3.63) is 12.2 Å². The van der Waals surface area contributed by atoms with Gasteiger partial charge in [-0.3, -0.25) is 0 Å². The summed E-state index contributed by atoms with van der Waals surface area (Å²) >= 11 is 0. The maximum Gasteiger partial charge on any atom is 0.0101 e. The summed E-state index contributed by atoms with van der Waals surface area (Å²) in [6.07, 6.45) is 4.69. The second-order valence-corrected chi connectivity index (χ2v) is 3.37. The van der Waals surface area contributed by atoms with Crippen LogP contribution in [-0.2, 0) is 0 Å². The predicted molar refractivity (Wildman–Crippen MR) is 56.4 cm³/mol. The monoisotopic (exact) mass is 169 g/mol. The first-order valence-corrected chi connectivity index (χ1v) is 5.14. The zero-order chi connectivity index (χ0) is 9.40. The highest BCUT2D eigenvalue weighted by Gasteiger charge is 2.04. The molecular weight excluding hydrogens is 146 g/mol. The minimum Gasteiger partial charge on any atom is -0.314 e. The van der Waals surface area contributed by atoms with Gasteiger partial charge in [-0.05, 0) is 32.2 Å². The number of nitrogens with one attached hydrogen (secondary N) is 1. The van der Waals surface area contributed by atoms with Crippen LogP contribution >= 0.6 is 0 Å². The van der Waals surface area contributed by atoms with Gasteiger partial charge in [-0.2, -0.15) is 0 Å². The Morgan fingerprint density at radius 3 is 2.42 bits per heavy atom. The SMILES string of the molecule is C=C(CC)CC(CC)NCCC. The maximum absolute atomic E-state index is 4.03. The molecule has 0 rings (SSSR count). The van der Waals surface area contributed by atoms with Crippen molar-refractivity contribution in [1.29, 1.82) is 0 Å². The molecule has 1 heteroatoms.